The zero-order chi connectivity index (χ0) is 20.5. The summed E-state index contributed by atoms with van der Waals surface area (Å²) in [7, 11) is 0. The number of hydrogen-bond donors (Lipinski definition) is 3. The van der Waals surface area contributed by atoms with Gasteiger partial charge in [0.05, 0.1) is 0 Å². The summed E-state index contributed by atoms with van der Waals surface area (Å²) in [6, 6.07) is 17.2. The Kier molecular flexibility index (Phi) is 10.3. The number of halogens is 1. The molecular weight excluding hydrogens is 400 g/mol. The van der Waals surface area contributed by atoms with Gasteiger partial charge in [-0.1, -0.05) is 55.0 Å². The summed E-state index contributed by atoms with van der Waals surface area (Å²) >= 11 is 0. The van der Waals surface area contributed by atoms with Crippen LogP contribution in [-0.4, -0.2) is 40.8 Å². The zero-order valence-electron chi connectivity index (χ0n) is 17.4. The van der Waals surface area contributed by atoms with Crippen LogP contribution in [0, 0.1) is 0 Å². The van der Waals surface area contributed by atoms with Gasteiger partial charge < -0.3 is 5.11 Å². The lowest BCUT2D eigenvalue weighted by atomic mass is 9.90. The van der Waals surface area contributed by atoms with E-state index in [1.54, 1.807) is 5.48 Å². The van der Waals surface area contributed by atoms with Crippen molar-refractivity contribution >= 4 is 18.3 Å². The van der Waals surface area contributed by atoms with E-state index in [4.69, 9.17) is 5.21 Å². The van der Waals surface area contributed by atoms with E-state index in [1.165, 1.54) is 43.5 Å². The summed E-state index contributed by atoms with van der Waals surface area (Å²) in [4.78, 5) is 13.9. The number of amides is 1. The van der Waals surface area contributed by atoms with Gasteiger partial charge in [0.1, 0.15) is 0 Å². The average Bonchev–Trinajstić information content (AvgIpc) is 2.78. The van der Waals surface area contributed by atoms with E-state index in [9.17, 15) is 9.90 Å². The molecule has 1 aliphatic rings. The van der Waals surface area contributed by atoms with E-state index in [0.717, 1.165) is 17.7 Å². The number of benzene rings is 2. The van der Waals surface area contributed by atoms with Crippen molar-refractivity contribution in [3.8, 4) is 11.1 Å². The first kappa shape index (κ1) is 24.4. The van der Waals surface area contributed by atoms with Crippen LogP contribution in [0.25, 0.3) is 11.1 Å². The number of hydroxylamine groups is 1. The third-order valence-electron chi connectivity index (χ3n) is 5.85. The SMILES string of the molecule is Cl.O=C(CCC(CCO)c1ccc(-c2ccc(CN3CCCCC3)cc2)cc1)NO. The molecule has 1 atom stereocenters. The van der Waals surface area contributed by atoms with Crippen LogP contribution in [0.4, 0.5) is 0 Å². The largest absolute Gasteiger partial charge is 0.396 e. The van der Waals surface area contributed by atoms with Crippen molar-refractivity contribution in [2.45, 2.75) is 51.0 Å². The second-order valence-electron chi connectivity index (χ2n) is 7.94. The molecule has 1 unspecified atom stereocenters. The van der Waals surface area contributed by atoms with Crippen molar-refractivity contribution in [2.75, 3.05) is 19.7 Å². The minimum Gasteiger partial charge on any atom is -0.396 e. The molecule has 0 spiro atoms. The number of nitrogens with zero attached hydrogens (tertiary/aromatic N) is 1. The topological polar surface area (TPSA) is 72.8 Å². The quantitative estimate of drug-likeness (QED) is 0.402. The highest BCUT2D eigenvalue weighted by Gasteiger charge is 2.14. The predicted octanol–water partition coefficient (Wildman–Crippen LogP) is 4.51. The maximum Gasteiger partial charge on any atom is 0.243 e. The van der Waals surface area contributed by atoms with Crippen LogP contribution in [0.3, 0.4) is 0 Å². The molecule has 2 aromatic rings. The van der Waals surface area contributed by atoms with Crippen molar-refractivity contribution in [1.82, 2.24) is 10.4 Å². The van der Waals surface area contributed by atoms with Gasteiger partial charge in [-0.2, -0.15) is 0 Å². The minimum absolute atomic E-state index is 0. The van der Waals surface area contributed by atoms with Gasteiger partial charge >= 0.3 is 0 Å². The first-order valence-corrected chi connectivity index (χ1v) is 10.6. The third-order valence-corrected chi connectivity index (χ3v) is 5.85. The highest BCUT2D eigenvalue weighted by Crippen LogP contribution is 2.28. The molecule has 3 rings (SSSR count). The zero-order valence-corrected chi connectivity index (χ0v) is 18.2. The van der Waals surface area contributed by atoms with Gasteiger partial charge in [-0.3, -0.25) is 14.9 Å². The number of carbonyl (C=O) groups excluding carboxylic acids is 1. The fourth-order valence-electron chi connectivity index (χ4n) is 4.12. The second-order valence-corrected chi connectivity index (χ2v) is 7.94. The highest BCUT2D eigenvalue weighted by molar-refractivity contribution is 5.85. The van der Waals surface area contributed by atoms with Gasteiger partial charge in [-0.15, -0.1) is 12.4 Å². The van der Waals surface area contributed by atoms with E-state index in [1.807, 2.05) is 0 Å². The summed E-state index contributed by atoms with van der Waals surface area (Å²) in [5.74, 6) is -0.299. The van der Waals surface area contributed by atoms with Crippen LogP contribution < -0.4 is 5.48 Å². The van der Waals surface area contributed by atoms with Gasteiger partial charge in [-0.25, -0.2) is 5.48 Å². The van der Waals surface area contributed by atoms with Crippen LogP contribution in [0.5, 0.6) is 0 Å². The molecule has 0 aromatic heterocycles. The van der Waals surface area contributed by atoms with E-state index in [0.29, 0.717) is 12.8 Å². The summed E-state index contributed by atoms with van der Waals surface area (Å²) in [5, 5.41) is 18.0. The molecular formula is C24H33ClN2O3. The van der Waals surface area contributed by atoms with Crippen LogP contribution in [0.15, 0.2) is 48.5 Å². The lowest BCUT2D eigenvalue weighted by Gasteiger charge is -2.26. The molecule has 1 aliphatic heterocycles. The predicted molar refractivity (Wildman–Crippen MR) is 122 cm³/mol. The Morgan fingerprint density at radius 3 is 2.10 bits per heavy atom. The molecule has 0 saturated carbocycles. The molecule has 5 nitrogen and oxygen atoms in total. The van der Waals surface area contributed by atoms with Gasteiger partial charge in [0.25, 0.3) is 0 Å². The molecule has 1 heterocycles. The first-order chi connectivity index (χ1) is 14.2. The summed E-state index contributed by atoms with van der Waals surface area (Å²) < 4.78 is 0. The van der Waals surface area contributed by atoms with Gasteiger partial charge in [-0.05, 0) is 66.9 Å². The van der Waals surface area contributed by atoms with Gasteiger partial charge in [0.15, 0.2) is 0 Å². The molecule has 0 bridgehead atoms. The highest BCUT2D eigenvalue weighted by atomic mass is 35.5. The number of nitrogens with one attached hydrogen (secondary N) is 1. The number of likely N-dealkylation sites (tertiary alicyclic amines) is 1. The first-order valence-electron chi connectivity index (χ1n) is 10.6. The average molecular weight is 433 g/mol. The second kappa shape index (κ2) is 12.7. The molecule has 164 valence electrons. The third kappa shape index (κ3) is 7.10. The number of hydrogen-bond acceptors (Lipinski definition) is 4. The molecule has 6 heteroatoms. The van der Waals surface area contributed by atoms with Crippen molar-refractivity contribution in [2.24, 2.45) is 0 Å². The van der Waals surface area contributed by atoms with Crippen LogP contribution in [0.1, 0.15) is 55.6 Å². The molecule has 1 fully saturated rings. The Labute approximate surface area is 185 Å². The molecule has 2 aromatic carbocycles. The molecule has 3 N–H and O–H groups in total. The van der Waals surface area contributed by atoms with Gasteiger partial charge in [0, 0.05) is 19.6 Å². The van der Waals surface area contributed by atoms with E-state index < -0.39 is 5.91 Å². The Balaban J connectivity index is 0.00000320. The fraction of sp³-hybridized carbons (Fsp3) is 0.458. The smallest absolute Gasteiger partial charge is 0.243 e. The van der Waals surface area contributed by atoms with Crippen molar-refractivity contribution in [3.05, 3.63) is 59.7 Å². The Bertz CT molecular complexity index is 759. The molecule has 0 radical (unpaired) electrons. The molecule has 1 amide bonds. The summed E-state index contributed by atoms with van der Waals surface area (Å²) in [5.41, 5.74) is 6.49. The van der Waals surface area contributed by atoms with E-state index in [2.05, 4.69) is 53.4 Å². The Morgan fingerprint density at radius 2 is 1.53 bits per heavy atom. The van der Waals surface area contributed by atoms with Crippen LogP contribution >= 0.6 is 12.4 Å². The van der Waals surface area contributed by atoms with Crippen molar-refractivity contribution < 1.29 is 15.1 Å². The normalized spacial score (nSPS) is 15.3. The van der Waals surface area contributed by atoms with E-state index >= 15 is 0 Å². The van der Waals surface area contributed by atoms with E-state index in [-0.39, 0.29) is 31.4 Å². The molecule has 1 saturated heterocycles. The Morgan fingerprint density at radius 1 is 0.933 bits per heavy atom. The standard InChI is InChI=1S/C24H32N2O3.ClH/c27-17-14-23(12-13-24(28)25-29)22-10-8-21(9-11-22)20-6-4-19(5-7-20)18-26-15-2-1-3-16-26;/h4-11,23,27,29H,1-3,12-18H2,(H,25,28);1H. The number of piperidine rings is 1. The van der Waals surface area contributed by atoms with Crippen LogP contribution in [0.2, 0.25) is 0 Å². The van der Waals surface area contributed by atoms with Crippen molar-refractivity contribution in [3.63, 3.8) is 0 Å². The number of carbonyl (C=O) groups is 1. The number of rotatable bonds is 9. The number of aliphatic hydroxyl groups excluding tert-OH is 1. The lowest BCUT2D eigenvalue weighted by molar-refractivity contribution is -0.129. The number of aliphatic hydroxyl groups is 1. The monoisotopic (exact) mass is 432 g/mol. The minimum atomic E-state index is -0.394. The van der Waals surface area contributed by atoms with Crippen molar-refractivity contribution in [1.29, 1.82) is 0 Å². The molecule has 0 aliphatic carbocycles. The molecule has 30 heavy (non-hydrogen) atoms. The fourth-order valence-corrected chi connectivity index (χ4v) is 4.12. The van der Waals surface area contributed by atoms with Crippen LogP contribution in [-0.2, 0) is 11.3 Å². The van der Waals surface area contributed by atoms with Gasteiger partial charge in [0.2, 0.25) is 5.91 Å². The summed E-state index contributed by atoms with van der Waals surface area (Å²) in [6.45, 7) is 3.52. The summed E-state index contributed by atoms with van der Waals surface area (Å²) in [6.07, 6.45) is 5.42. The maximum absolute atomic E-state index is 11.3. The maximum atomic E-state index is 11.3. The Hall–Kier alpha value is -1.92. The lowest BCUT2D eigenvalue weighted by Crippen LogP contribution is -2.28.